The molecule has 0 saturated carbocycles. The number of hydrogen-bond donors (Lipinski definition) is 1. The number of hydrogen-bond acceptors (Lipinski definition) is 5. The van der Waals surface area contributed by atoms with E-state index in [4.69, 9.17) is 4.98 Å². The number of aryl methyl sites for hydroxylation is 2. The van der Waals surface area contributed by atoms with Gasteiger partial charge in [0.2, 0.25) is 0 Å². The van der Waals surface area contributed by atoms with Crippen LogP contribution in [0, 0.1) is 6.92 Å². The van der Waals surface area contributed by atoms with Crippen molar-refractivity contribution in [3.05, 3.63) is 42.0 Å². The normalized spacial score (nSPS) is 12.5. The molecule has 0 spiro atoms. The number of fused-ring (bicyclic) bond motifs is 1. The van der Waals surface area contributed by atoms with Crippen LogP contribution in [0.2, 0.25) is 0 Å². The number of anilines is 1. The molecule has 3 rings (SSSR count). The molecule has 0 bridgehead atoms. The molecular weight excluding hydrogens is 294 g/mol. The quantitative estimate of drug-likeness (QED) is 0.746. The number of benzene rings is 1. The van der Waals surface area contributed by atoms with Crippen LogP contribution in [0.1, 0.15) is 24.4 Å². The summed E-state index contributed by atoms with van der Waals surface area (Å²) >= 11 is 1.73. The van der Waals surface area contributed by atoms with Gasteiger partial charge in [-0.1, -0.05) is 6.07 Å². The zero-order chi connectivity index (χ0) is 15.7. The smallest absolute Gasteiger partial charge is 0.154 e. The molecule has 0 aliphatic carbocycles. The average Bonchev–Trinajstić information content (AvgIpc) is 2.92. The van der Waals surface area contributed by atoms with Gasteiger partial charge < -0.3 is 9.88 Å². The summed E-state index contributed by atoms with van der Waals surface area (Å²) < 4.78 is 1.91. The number of pyridine rings is 1. The molecule has 114 valence electrons. The summed E-state index contributed by atoms with van der Waals surface area (Å²) in [5.74, 6) is 1.75. The zero-order valence-electron chi connectivity index (χ0n) is 13.2. The fraction of sp³-hybridized carbons (Fsp3) is 0.312. The van der Waals surface area contributed by atoms with E-state index in [9.17, 15) is 0 Å². The van der Waals surface area contributed by atoms with Gasteiger partial charge in [0.15, 0.2) is 5.82 Å². The summed E-state index contributed by atoms with van der Waals surface area (Å²) in [5.41, 5.74) is 2.23. The first kappa shape index (κ1) is 14.8. The lowest BCUT2D eigenvalue weighted by Crippen LogP contribution is -2.13. The second kappa shape index (κ2) is 5.96. The summed E-state index contributed by atoms with van der Waals surface area (Å²) in [6.07, 6.45) is 3.78. The maximum Gasteiger partial charge on any atom is 0.154 e. The average molecular weight is 313 g/mol. The molecule has 1 aromatic carbocycles. The zero-order valence-corrected chi connectivity index (χ0v) is 14.0. The maximum atomic E-state index is 4.74. The van der Waals surface area contributed by atoms with E-state index in [1.165, 1.54) is 15.8 Å². The summed E-state index contributed by atoms with van der Waals surface area (Å²) in [6.45, 7) is 4.17. The second-order valence-electron chi connectivity index (χ2n) is 5.37. The molecule has 1 atom stereocenters. The lowest BCUT2D eigenvalue weighted by Gasteiger charge is -2.15. The van der Waals surface area contributed by atoms with Gasteiger partial charge in [0.05, 0.1) is 11.6 Å². The summed E-state index contributed by atoms with van der Waals surface area (Å²) in [5, 5.41) is 12.7. The van der Waals surface area contributed by atoms with Crippen molar-refractivity contribution in [1.29, 1.82) is 0 Å². The molecule has 0 aliphatic rings. The number of nitrogens with one attached hydrogen (secondary N) is 1. The van der Waals surface area contributed by atoms with Gasteiger partial charge in [-0.15, -0.1) is 22.0 Å². The molecule has 0 aliphatic heterocycles. The summed E-state index contributed by atoms with van der Waals surface area (Å²) in [4.78, 5) is 5.96. The Labute approximate surface area is 134 Å². The van der Waals surface area contributed by atoms with E-state index in [0.29, 0.717) is 0 Å². The van der Waals surface area contributed by atoms with Gasteiger partial charge in [0.25, 0.3) is 0 Å². The highest BCUT2D eigenvalue weighted by atomic mass is 32.2. The lowest BCUT2D eigenvalue weighted by atomic mass is 10.1. The number of nitrogens with zero attached hydrogens (tertiary/aromatic N) is 4. The number of thioether (sulfide) groups is 1. The van der Waals surface area contributed by atoms with Gasteiger partial charge in [-0.25, -0.2) is 4.98 Å². The second-order valence-corrected chi connectivity index (χ2v) is 6.25. The Morgan fingerprint density at radius 1 is 1.27 bits per heavy atom. The van der Waals surface area contributed by atoms with Gasteiger partial charge in [-0.2, -0.15) is 0 Å². The molecule has 2 heterocycles. The fourth-order valence-corrected chi connectivity index (χ4v) is 2.99. The van der Waals surface area contributed by atoms with Crippen LogP contribution in [0.4, 0.5) is 5.82 Å². The summed E-state index contributed by atoms with van der Waals surface area (Å²) in [6, 6.07) is 8.52. The van der Waals surface area contributed by atoms with Crippen LogP contribution < -0.4 is 5.32 Å². The molecule has 1 unspecified atom stereocenters. The largest absolute Gasteiger partial charge is 0.360 e. The van der Waals surface area contributed by atoms with Crippen molar-refractivity contribution >= 4 is 28.5 Å². The monoisotopic (exact) mass is 313 g/mol. The van der Waals surface area contributed by atoms with Crippen LogP contribution in [-0.2, 0) is 7.05 Å². The van der Waals surface area contributed by atoms with Gasteiger partial charge in [0, 0.05) is 17.3 Å². The van der Waals surface area contributed by atoms with Crippen molar-refractivity contribution in [1.82, 2.24) is 19.7 Å². The molecule has 2 aromatic heterocycles. The lowest BCUT2D eigenvalue weighted by molar-refractivity contribution is 0.717. The van der Waals surface area contributed by atoms with Crippen LogP contribution >= 0.6 is 11.8 Å². The van der Waals surface area contributed by atoms with Crippen molar-refractivity contribution in [3.8, 4) is 0 Å². The molecule has 0 radical (unpaired) electrons. The fourth-order valence-electron chi connectivity index (χ4n) is 2.55. The van der Waals surface area contributed by atoms with Gasteiger partial charge >= 0.3 is 0 Å². The van der Waals surface area contributed by atoms with E-state index in [2.05, 4.69) is 59.9 Å². The Morgan fingerprint density at radius 2 is 2.09 bits per heavy atom. The van der Waals surface area contributed by atoms with Crippen molar-refractivity contribution in [2.24, 2.45) is 7.05 Å². The first-order valence-corrected chi connectivity index (χ1v) is 8.37. The molecule has 1 N–H and O–H groups in total. The van der Waals surface area contributed by atoms with E-state index in [1.54, 1.807) is 18.1 Å². The number of rotatable bonds is 4. The van der Waals surface area contributed by atoms with Crippen LogP contribution in [0.5, 0.6) is 0 Å². The molecule has 5 nitrogen and oxygen atoms in total. The minimum absolute atomic E-state index is 0.0422. The van der Waals surface area contributed by atoms with E-state index in [-0.39, 0.29) is 6.04 Å². The third-order valence-electron chi connectivity index (χ3n) is 3.72. The predicted octanol–water partition coefficient (Wildman–Crippen LogP) is 3.57. The Bertz CT molecular complexity index is 811. The predicted molar refractivity (Wildman–Crippen MR) is 91.3 cm³/mol. The topological polar surface area (TPSA) is 55.6 Å². The third kappa shape index (κ3) is 2.78. The molecule has 0 saturated heterocycles. The van der Waals surface area contributed by atoms with Crippen molar-refractivity contribution < 1.29 is 0 Å². The van der Waals surface area contributed by atoms with E-state index < -0.39 is 0 Å². The summed E-state index contributed by atoms with van der Waals surface area (Å²) in [7, 11) is 1.94. The molecular formula is C16H19N5S. The van der Waals surface area contributed by atoms with Crippen LogP contribution in [0.3, 0.4) is 0 Å². The molecule has 3 aromatic rings. The minimum atomic E-state index is 0.0422. The Morgan fingerprint density at radius 3 is 2.77 bits per heavy atom. The molecule has 0 amide bonds. The first-order chi connectivity index (χ1) is 10.6. The molecule has 22 heavy (non-hydrogen) atoms. The van der Waals surface area contributed by atoms with E-state index >= 15 is 0 Å². The van der Waals surface area contributed by atoms with Crippen molar-refractivity contribution in [2.75, 3.05) is 11.6 Å². The highest BCUT2D eigenvalue weighted by Gasteiger charge is 2.12. The van der Waals surface area contributed by atoms with Crippen LogP contribution in [0.15, 0.2) is 35.5 Å². The van der Waals surface area contributed by atoms with Gasteiger partial charge in [-0.3, -0.25) is 0 Å². The minimum Gasteiger partial charge on any atom is -0.360 e. The SMILES string of the molecule is CSc1ccc2c(C)cc(NC(C)c3nncn3C)nc2c1. The van der Waals surface area contributed by atoms with Crippen LogP contribution in [0.25, 0.3) is 10.9 Å². The first-order valence-electron chi connectivity index (χ1n) is 7.14. The van der Waals surface area contributed by atoms with Gasteiger partial charge in [0.1, 0.15) is 12.1 Å². The van der Waals surface area contributed by atoms with Crippen molar-refractivity contribution in [2.45, 2.75) is 24.8 Å². The number of aromatic nitrogens is 4. The van der Waals surface area contributed by atoms with E-state index in [1.807, 2.05) is 11.6 Å². The van der Waals surface area contributed by atoms with Gasteiger partial charge in [-0.05, 0) is 43.9 Å². The Hall–Kier alpha value is -2.08. The third-order valence-corrected chi connectivity index (χ3v) is 4.45. The highest BCUT2D eigenvalue weighted by Crippen LogP contribution is 2.26. The Kier molecular flexibility index (Phi) is 4.02. The van der Waals surface area contributed by atoms with Crippen LogP contribution in [-0.4, -0.2) is 26.0 Å². The standard InChI is InChI=1S/C16H19N5S/c1-10-7-15(18-11(2)16-20-17-9-21(16)3)19-14-8-12(22-4)5-6-13(10)14/h5-9,11H,1-4H3,(H,18,19). The maximum absolute atomic E-state index is 4.74. The molecule has 0 fully saturated rings. The molecule has 6 heteroatoms. The van der Waals surface area contributed by atoms with Crippen molar-refractivity contribution in [3.63, 3.8) is 0 Å². The Balaban J connectivity index is 1.95. The highest BCUT2D eigenvalue weighted by molar-refractivity contribution is 7.98. The van der Waals surface area contributed by atoms with E-state index in [0.717, 1.165) is 17.2 Å².